The van der Waals surface area contributed by atoms with Crippen LogP contribution in [0.5, 0.6) is 0 Å². The molecular weight excluding hydrogens is 319 g/mol. The summed E-state index contributed by atoms with van der Waals surface area (Å²) in [6.07, 6.45) is 4.27. The lowest BCUT2D eigenvalue weighted by Crippen LogP contribution is -2.66. The number of esters is 1. The van der Waals surface area contributed by atoms with Gasteiger partial charge in [0.2, 0.25) is 0 Å². The molecule has 1 aliphatic carbocycles. The van der Waals surface area contributed by atoms with E-state index in [1.54, 1.807) is 0 Å². The normalized spacial score (nSPS) is 26.0. The Kier molecular flexibility index (Phi) is 4.12. The van der Waals surface area contributed by atoms with Crippen molar-refractivity contribution in [1.82, 2.24) is 9.80 Å². The second-order valence-electron chi connectivity index (χ2n) is 8.26. The number of nitrogens with zero attached hydrogens (tertiary/aromatic N) is 2. The maximum Gasteiger partial charge on any atom is 0.337 e. The van der Waals surface area contributed by atoms with Crippen LogP contribution in [0.4, 0.5) is 4.39 Å². The molecule has 4 rings (SSSR count). The maximum absolute atomic E-state index is 14.6. The van der Waals surface area contributed by atoms with E-state index in [0.717, 1.165) is 30.5 Å². The SMILES string of the molecule is CC[C@H]1Cc2c(F)cc(C(=O)OC)cc2CN1C1CC2(C1)CN(C)C2. The van der Waals surface area contributed by atoms with Crippen molar-refractivity contribution in [2.24, 2.45) is 5.41 Å². The highest BCUT2D eigenvalue weighted by molar-refractivity contribution is 5.89. The van der Waals surface area contributed by atoms with Gasteiger partial charge < -0.3 is 9.64 Å². The average Bonchev–Trinajstić information content (AvgIpc) is 2.54. The monoisotopic (exact) mass is 346 g/mol. The number of carbonyl (C=O) groups excluding carboxylic acids is 1. The number of methoxy groups -OCH3 is 1. The number of likely N-dealkylation sites (tertiary alicyclic amines) is 1. The minimum atomic E-state index is -0.467. The quantitative estimate of drug-likeness (QED) is 0.788. The Balaban J connectivity index is 1.56. The van der Waals surface area contributed by atoms with Gasteiger partial charge in [0.25, 0.3) is 0 Å². The predicted octanol–water partition coefficient (Wildman–Crippen LogP) is 2.84. The van der Waals surface area contributed by atoms with Crippen LogP contribution in [0.15, 0.2) is 12.1 Å². The van der Waals surface area contributed by atoms with E-state index < -0.39 is 5.97 Å². The molecule has 0 bridgehead atoms. The van der Waals surface area contributed by atoms with Crippen LogP contribution in [0.25, 0.3) is 0 Å². The fraction of sp³-hybridized carbons (Fsp3) is 0.650. The van der Waals surface area contributed by atoms with E-state index >= 15 is 0 Å². The lowest BCUT2D eigenvalue weighted by molar-refractivity contribution is -0.112. The molecule has 1 saturated heterocycles. The van der Waals surface area contributed by atoms with E-state index in [9.17, 15) is 9.18 Å². The molecular formula is C20H27FN2O2. The Hall–Kier alpha value is -1.46. The number of hydrogen-bond acceptors (Lipinski definition) is 4. The van der Waals surface area contributed by atoms with Crippen LogP contribution < -0.4 is 0 Å². The van der Waals surface area contributed by atoms with Gasteiger partial charge in [-0.05, 0) is 61.4 Å². The molecule has 25 heavy (non-hydrogen) atoms. The second kappa shape index (κ2) is 6.06. The fourth-order valence-electron chi connectivity index (χ4n) is 5.32. The number of ether oxygens (including phenoxy) is 1. The zero-order valence-corrected chi connectivity index (χ0v) is 15.3. The summed E-state index contributed by atoms with van der Waals surface area (Å²) in [5.74, 6) is -0.729. The molecule has 0 aromatic heterocycles. The number of carbonyl (C=O) groups is 1. The number of halogens is 1. The Morgan fingerprint density at radius 2 is 2.08 bits per heavy atom. The molecule has 136 valence electrons. The Labute approximate surface area is 148 Å². The second-order valence-corrected chi connectivity index (χ2v) is 8.26. The minimum Gasteiger partial charge on any atom is -0.465 e. The zero-order chi connectivity index (χ0) is 17.8. The first-order valence-corrected chi connectivity index (χ1v) is 9.28. The largest absolute Gasteiger partial charge is 0.465 e. The van der Waals surface area contributed by atoms with E-state index in [1.165, 1.54) is 39.1 Å². The van der Waals surface area contributed by atoms with Crippen molar-refractivity contribution in [3.8, 4) is 0 Å². The molecule has 4 nitrogen and oxygen atoms in total. The van der Waals surface area contributed by atoms with Crippen LogP contribution in [0.2, 0.25) is 0 Å². The number of rotatable bonds is 3. The van der Waals surface area contributed by atoms with Crippen molar-refractivity contribution in [2.45, 2.75) is 51.2 Å². The van der Waals surface area contributed by atoms with Gasteiger partial charge in [-0.25, -0.2) is 9.18 Å². The van der Waals surface area contributed by atoms with Gasteiger partial charge in [0.05, 0.1) is 12.7 Å². The van der Waals surface area contributed by atoms with Crippen molar-refractivity contribution in [3.05, 3.63) is 34.6 Å². The third kappa shape index (κ3) is 2.77. The van der Waals surface area contributed by atoms with Gasteiger partial charge in [0.15, 0.2) is 0 Å². The summed E-state index contributed by atoms with van der Waals surface area (Å²) in [7, 11) is 3.52. The molecule has 5 heteroatoms. The first-order chi connectivity index (χ1) is 11.9. The smallest absolute Gasteiger partial charge is 0.337 e. The summed E-state index contributed by atoms with van der Waals surface area (Å²) >= 11 is 0. The summed E-state index contributed by atoms with van der Waals surface area (Å²) in [6.45, 7) is 5.36. The third-order valence-electron chi connectivity index (χ3n) is 6.46. The van der Waals surface area contributed by atoms with Crippen LogP contribution in [0.3, 0.4) is 0 Å². The fourth-order valence-corrected chi connectivity index (χ4v) is 5.32. The number of hydrogen-bond donors (Lipinski definition) is 0. The molecule has 3 aliphatic rings. The van der Waals surface area contributed by atoms with Crippen LogP contribution >= 0.6 is 0 Å². The van der Waals surface area contributed by atoms with Crippen LogP contribution in [0, 0.1) is 11.2 Å². The zero-order valence-electron chi connectivity index (χ0n) is 15.3. The summed E-state index contributed by atoms with van der Waals surface area (Å²) in [5, 5.41) is 0. The first-order valence-electron chi connectivity index (χ1n) is 9.28. The Bertz CT molecular complexity index is 691. The van der Waals surface area contributed by atoms with Gasteiger partial charge in [0.1, 0.15) is 5.82 Å². The lowest BCUT2D eigenvalue weighted by Gasteiger charge is -2.62. The van der Waals surface area contributed by atoms with E-state index in [1.807, 2.05) is 6.07 Å². The Morgan fingerprint density at radius 1 is 1.36 bits per heavy atom. The van der Waals surface area contributed by atoms with Crippen molar-refractivity contribution in [1.29, 1.82) is 0 Å². The van der Waals surface area contributed by atoms with Gasteiger partial charge in [-0.2, -0.15) is 0 Å². The van der Waals surface area contributed by atoms with E-state index in [0.29, 0.717) is 23.1 Å². The van der Waals surface area contributed by atoms with Gasteiger partial charge in [-0.1, -0.05) is 6.92 Å². The highest BCUT2D eigenvalue weighted by Crippen LogP contribution is 2.51. The molecule has 1 aromatic carbocycles. The molecule has 0 N–H and O–H groups in total. The summed E-state index contributed by atoms with van der Waals surface area (Å²) in [6, 6.07) is 4.15. The molecule has 1 saturated carbocycles. The van der Waals surface area contributed by atoms with Crippen molar-refractivity contribution in [3.63, 3.8) is 0 Å². The lowest BCUT2D eigenvalue weighted by atomic mass is 9.60. The van der Waals surface area contributed by atoms with Gasteiger partial charge in [-0.15, -0.1) is 0 Å². The van der Waals surface area contributed by atoms with Crippen molar-refractivity contribution < 1.29 is 13.9 Å². The molecule has 2 heterocycles. The molecule has 0 radical (unpaired) electrons. The standard InChI is InChI=1S/C20H27FN2O2/c1-4-15-7-17-14(5-13(6-18(17)21)19(24)25-3)10-23(15)16-8-20(9-16)11-22(2)12-20/h5-6,15-16H,4,7-12H2,1-3H3/t15-/m0/s1. The Morgan fingerprint density at radius 3 is 2.68 bits per heavy atom. The highest BCUT2D eigenvalue weighted by atomic mass is 19.1. The van der Waals surface area contributed by atoms with Gasteiger partial charge in [0, 0.05) is 31.7 Å². The van der Waals surface area contributed by atoms with Crippen molar-refractivity contribution in [2.75, 3.05) is 27.2 Å². The van der Waals surface area contributed by atoms with E-state index in [4.69, 9.17) is 4.74 Å². The van der Waals surface area contributed by atoms with Crippen LogP contribution in [0.1, 0.15) is 47.7 Å². The van der Waals surface area contributed by atoms with Crippen LogP contribution in [-0.4, -0.2) is 55.1 Å². The van der Waals surface area contributed by atoms with E-state index in [-0.39, 0.29) is 5.82 Å². The molecule has 1 atom stereocenters. The molecule has 0 unspecified atom stereocenters. The molecule has 1 spiro atoms. The number of benzene rings is 1. The average molecular weight is 346 g/mol. The van der Waals surface area contributed by atoms with E-state index in [2.05, 4.69) is 23.8 Å². The third-order valence-corrected chi connectivity index (χ3v) is 6.46. The number of fused-ring (bicyclic) bond motifs is 1. The minimum absolute atomic E-state index is 0.262. The molecule has 0 amide bonds. The first kappa shape index (κ1) is 17.0. The maximum atomic E-state index is 14.6. The van der Waals surface area contributed by atoms with Gasteiger partial charge in [-0.3, -0.25) is 4.90 Å². The summed E-state index contributed by atoms with van der Waals surface area (Å²) in [5.41, 5.74) is 2.60. The highest BCUT2D eigenvalue weighted by Gasteiger charge is 2.53. The molecule has 2 aliphatic heterocycles. The van der Waals surface area contributed by atoms with Gasteiger partial charge >= 0.3 is 5.97 Å². The summed E-state index contributed by atoms with van der Waals surface area (Å²) in [4.78, 5) is 16.8. The molecule has 2 fully saturated rings. The topological polar surface area (TPSA) is 32.8 Å². The molecule has 1 aromatic rings. The van der Waals surface area contributed by atoms with Crippen molar-refractivity contribution >= 4 is 5.97 Å². The van der Waals surface area contributed by atoms with Crippen LogP contribution in [-0.2, 0) is 17.7 Å². The predicted molar refractivity (Wildman–Crippen MR) is 94.0 cm³/mol. The summed E-state index contributed by atoms with van der Waals surface area (Å²) < 4.78 is 19.3.